The summed E-state index contributed by atoms with van der Waals surface area (Å²) in [5.41, 5.74) is 5.49. The van der Waals surface area contributed by atoms with E-state index in [-0.39, 0.29) is 5.82 Å². The van der Waals surface area contributed by atoms with Crippen LogP contribution >= 0.6 is 15.9 Å². The van der Waals surface area contributed by atoms with E-state index in [1.54, 1.807) is 0 Å². The van der Waals surface area contributed by atoms with Crippen LogP contribution in [0.1, 0.15) is 33.5 Å². The van der Waals surface area contributed by atoms with Crippen LogP contribution < -0.4 is 0 Å². The first-order valence-electron chi connectivity index (χ1n) is 6.72. The van der Waals surface area contributed by atoms with Crippen LogP contribution in [-0.4, -0.2) is 0 Å². The van der Waals surface area contributed by atoms with Crippen LogP contribution in [-0.2, 0) is 19.3 Å². The second-order valence-electron chi connectivity index (χ2n) is 5.18. The molecule has 0 N–H and O–H groups in total. The van der Waals surface area contributed by atoms with Gasteiger partial charge in [-0.1, -0.05) is 46.3 Å². The van der Waals surface area contributed by atoms with Crippen molar-refractivity contribution < 1.29 is 4.39 Å². The smallest absolute Gasteiger partial charge is 0.123 e. The molecule has 0 fully saturated rings. The number of fused-ring (bicyclic) bond motifs is 1. The third-order valence-corrected chi connectivity index (χ3v) is 4.66. The van der Waals surface area contributed by atoms with E-state index in [0.717, 1.165) is 12.0 Å². The summed E-state index contributed by atoms with van der Waals surface area (Å²) in [4.78, 5) is 0.295. The molecule has 0 radical (unpaired) electrons. The van der Waals surface area contributed by atoms with Gasteiger partial charge >= 0.3 is 0 Å². The molecular weight excluding hydrogens is 303 g/mol. The Labute approximate surface area is 121 Å². The number of aryl methyl sites for hydroxylation is 2. The Morgan fingerprint density at radius 3 is 2.53 bits per heavy atom. The Hall–Kier alpha value is -1.15. The molecule has 0 aromatic heterocycles. The zero-order chi connectivity index (χ0) is 13.2. The van der Waals surface area contributed by atoms with Gasteiger partial charge in [0.15, 0.2) is 0 Å². The molecule has 1 atom stereocenters. The van der Waals surface area contributed by atoms with E-state index < -0.39 is 0 Å². The summed E-state index contributed by atoms with van der Waals surface area (Å²) < 4.78 is 12.9. The molecule has 0 heterocycles. The second-order valence-corrected chi connectivity index (χ2v) is 6.29. The molecule has 2 aromatic carbocycles. The van der Waals surface area contributed by atoms with Crippen molar-refractivity contribution in [2.45, 2.75) is 30.5 Å². The van der Waals surface area contributed by atoms with Crippen molar-refractivity contribution in [2.24, 2.45) is 0 Å². The summed E-state index contributed by atoms with van der Waals surface area (Å²) in [6.07, 6.45) is 4.60. The lowest BCUT2D eigenvalue weighted by Gasteiger charge is -2.12. The van der Waals surface area contributed by atoms with Gasteiger partial charge in [0.25, 0.3) is 0 Å². The lowest BCUT2D eigenvalue weighted by molar-refractivity contribution is 0.627. The van der Waals surface area contributed by atoms with Gasteiger partial charge in [-0.15, -0.1) is 0 Å². The Balaban J connectivity index is 1.76. The Morgan fingerprint density at radius 1 is 1.00 bits per heavy atom. The van der Waals surface area contributed by atoms with Crippen LogP contribution in [0.4, 0.5) is 4.39 Å². The first-order chi connectivity index (χ1) is 9.22. The quantitative estimate of drug-likeness (QED) is 0.699. The van der Waals surface area contributed by atoms with Crippen molar-refractivity contribution in [3.8, 4) is 0 Å². The molecular formula is C17H16BrF. The van der Waals surface area contributed by atoms with E-state index >= 15 is 0 Å². The zero-order valence-corrected chi connectivity index (χ0v) is 12.3. The zero-order valence-electron chi connectivity index (χ0n) is 10.7. The van der Waals surface area contributed by atoms with Gasteiger partial charge in [0, 0.05) is 4.83 Å². The van der Waals surface area contributed by atoms with Crippen molar-refractivity contribution in [1.29, 1.82) is 0 Å². The molecule has 98 valence electrons. The van der Waals surface area contributed by atoms with E-state index in [9.17, 15) is 4.39 Å². The molecule has 0 aliphatic heterocycles. The van der Waals surface area contributed by atoms with Gasteiger partial charge in [-0.2, -0.15) is 0 Å². The van der Waals surface area contributed by atoms with Crippen LogP contribution in [0.3, 0.4) is 0 Å². The van der Waals surface area contributed by atoms with E-state index in [1.807, 2.05) is 12.1 Å². The van der Waals surface area contributed by atoms with Crippen molar-refractivity contribution in [3.05, 3.63) is 70.5 Å². The molecule has 0 nitrogen and oxygen atoms in total. The van der Waals surface area contributed by atoms with Gasteiger partial charge in [0.1, 0.15) is 5.82 Å². The maximum atomic E-state index is 12.9. The monoisotopic (exact) mass is 318 g/mol. The maximum Gasteiger partial charge on any atom is 0.123 e. The summed E-state index contributed by atoms with van der Waals surface area (Å²) in [6.45, 7) is 0. The van der Waals surface area contributed by atoms with E-state index in [1.165, 1.54) is 48.1 Å². The molecule has 1 aliphatic carbocycles. The molecule has 3 rings (SSSR count). The Bertz CT molecular complexity index is 574. The molecule has 0 saturated carbocycles. The molecule has 0 amide bonds. The minimum absolute atomic E-state index is 0.174. The molecule has 0 spiro atoms. The Morgan fingerprint density at radius 2 is 1.74 bits per heavy atom. The molecule has 2 heteroatoms. The number of hydrogen-bond acceptors (Lipinski definition) is 0. The fourth-order valence-electron chi connectivity index (χ4n) is 2.73. The minimum Gasteiger partial charge on any atom is -0.207 e. The summed E-state index contributed by atoms with van der Waals surface area (Å²) in [5, 5.41) is 0. The van der Waals surface area contributed by atoms with Gasteiger partial charge in [-0.25, -0.2) is 4.39 Å². The summed E-state index contributed by atoms with van der Waals surface area (Å²) in [7, 11) is 0. The molecule has 2 aromatic rings. The Kier molecular flexibility index (Phi) is 3.69. The lowest BCUT2D eigenvalue weighted by Crippen LogP contribution is -1.97. The standard InChI is InChI=1S/C17H16BrF/c18-17(10-12-4-8-16(19)9-5-12)15-7-6-13-2-1-3-14(13)11-15/h4-9,11,17H,1-3,10H2. The predicted molar refractivity (Wildman–Crippen MR) is 80.2 cm³/mol. The van der Waals surface area contributed by atoms with Gasteiger partial charge < -0.3 is 0 Å². The highest BCUT2D eigenvalue weighted by Gasteiger charge is 2.14. The van der Waals surface area contributed by atoms with Crippen LogP contribution in [0.5, 0.6) is 0 Å². The van der Waals surface area contributed by atoms with E-state index in [2.05, 4.69) is 34.1 Å². The number of halogens is 2. The number of benzene rings is 2. The second kappa shape index (κ2) is 5.46. The summed E-state index contributed by atoms with van der Waals surface area (Å²) in [5.74, 6) is -0.174. The van der Waals surface area contributed by atoms with Gasteiger partial charge in [-0.05, 0) is 60.1 Å². The molecule has 1 unspecified atom stereocenters. The predicted octanol–water partition coefficient (Wildman–Crippen LogP) is 4.99. The van der Waals surface area contributed by atoms with Crippen LogP contribution in [0.25, 0.3) is 0 Å². The van der Waals surface area contributed by atoms with Crippen molar-refractivity contribution >= 4 is 15.9 Å². The highest BCUT2D eigenvalue weighted by atomic mass is 79.9. The van der Waals surface area contributed by atoms with Gasteiger partial charge in [0.05, 0.1) is 0 Å². The van der Waals surface area contributed by atoms with Crippen LogP contribution in [0.2, 0.25) is 0 Å². The van der Waals surface area contributed by atoms with E-state index in [4.69, 9.17) is 0 Å². The number of alkyl halides is 1. The molecule has 0 bridgehead atoms. The fraction of sp³-hybridized carbons (Fsp3) is 0.294. The number of hydrogen-bond donors (Lipinski definition) is 0. The minimum atomic E-state index is -0.174. The first kappa shape index (κ1) is 12.9. The maximum absolute atomic E-state index is 12.9. The number of rotatable bonds is 3. The van der Waals surface area contributed by atoms with Crippen LogP contribution in [0, 0.1) is 5.82 Å². The molecule has 1 aliphatic rings. The lowest BCUT2D eigenvalue weighted by atomic mass is 10.0. The van der Waals surface area contributed by atoms with Gasteiger partial charge in [0.2, 0.25) is 0 Å². The fourth-order valence-corrected chi connectivity index (χ4v) is 3.39. The molecule has 0 saturated heterocycles. The largest absolute Gasteiger partial charge is 0.207 e. The third-order valence-electron chi connectivity index (χ3n) is 3.81. The molecule has 19 heavy (non-hydrogen) atoms. The SMILES string of the molecule is Fc1ccc(CC(Br)c2ccc3c(c2)CCC3)cc1. The third kappa shape index (κ3) is 2.89. The highest BCUT2D eigenvalue weighted by Crippen LogP contribution is 2.31. The van der Waals surface area contributed by atoms with Crippen LogP contribution in [0.15, 0.2) is 42.5 Å². The summed E-state index contributed by atoms with van der Waals surface area (Å²) >= 11 is 3.76. The van der Waals surface area contributed by atoms with Gasteiger partial charge in [-0.3, -0.25) is 0 Å². The van der Waals surface area contributed by atoms with Crippen molar-refractivity contribution in [2.75, 3.05) is 0 Å². The van der Waals surface area contributed by atoms with Crippen molar-refractivity contribution in [1.82, 2.24) is 0 Å². The van der Waals surface area contributed by atoms with E-state index in [0.29, 0.717) is 4.83 Å². The average molecular weight is 319 g/mol. The summed E-state index contributed by atoms with van der Waals surface area (Å²) in [6, 6.07) is 13.6. The normalized spacial score (nSPS) is 15.3. The highest BCUT2D eigenvalue weighted by molar-refractivity contribution is 9.09. The first-order valence-corrected chi connectivity index (χ1v) is 7.64. The average Bonchev–Trinajstić information content (AvgIpc) is 2.88. The van der Waals surface area contributed by atoms with Crippen molar-refractivity contribution in [3.63, 3.8) is 0 Å². The topological polar surface area (TPSA) is 0 Å².